The first-order chi connectivity index (χ1) is 14.7. The lowest BCUT2D eigenvalue weighted by Gasteiger charge is -2.36. The molecular weight excluding hydrogens is 380 g/mol. The van der Waals surface area contributed by atoms with E-state index in [-0.39, 0.29) is 5.91 Å². The number of rotatable bonds is 8. The SMILES string of the molecule is CCCOc1cccc(CCN=C(NCC)N2CCN(C(=O)c3ccco3)CC2)c1. The van der Waals surface area contributed by atoms with Crippen molar-refractivity contribution in [3.63, 3.8) is 0 Å². The summed E-state index contributed by atoms with van der Waals surface area (Å²) in [6.45, 7) is 9.23. The van der Waals surface area contributed by atoms with Crippen LogP contribution in [0.1, 0.15) is 36.4 Å². The van der Waals surface area contributed by atoms with Crippen molar-refractivity contribution >= 4 is 11.9 Å². The van der Waals surface area contributed by atoms with Gasteiger partial charge in [-0.05, 0) is 49.6 Å². The van der Waals surface area contributed by atoms with Crippen molar-refractivity contribution < 1.29 is 13.9 Å². The van der Waals surface area contributed by atoms with Gasteiger partial charge in [0.2, 0.25) is 0 Å². The molecule has 1 N–H and O–H groups in total. The summed E-state index contributed by atoms with van der Waals surface area (Å²) in [4.78, 5) is 21.3. The number of furan rings is 1. The Morgan fingerprint density at radius 2 is 1.93 bits per heavy atom. The maximum Gasteiger partial charge on any atom is 0.289 e. The Balaban J connectivity index is 1.53. The lowest BCUT2D eigenvalue weighted by Crippen LogP contribution is -2.53. The number of hydrogen-bond donors (Lipinski definition) is 1. The highest BCUT2D eigenvalue weighted by atomic mass is 16.5. The second-order valence-corrected chi connectivity index (χ2v) is 7.24. The summed E-state index contributed by atoms with van der Waals surface area (Å²) in [5.74, 6) is 2.17. The normalized spacial score (nSPS) is 14.7. The van der Waals surface area contributed by atoms with E-state index in [1.165, 1.54) is 11.8 Å². The average Bonchev–Trinajstić information content (AvgIpc) is 3.32. The third-order valence-electron chi connectivity index (χ3n) is 4.97. The number of nitrogens with one attached hydrogen (secondary N) is 1. The number of hydrogen-bond acceptors (Lipinski definition) is 4. The van der Waals surface area contributed by atoms with Crippen molar-refractivity contribution in [2.75, 3.05) is 45.9 Å². The zero-order valence-corrected chi connectivity index (χ0v) is 18.0. The Morgan fingerprint density at radius 3 is 2.63 bits per heavy atom. The molecule has 7 nitrogen and oxygen atoms in total. The van der Waals surface area contributed by atoms with Gasteiger partial charge < -0.3 is 24.3 Å². The van der Waals surface area contributed by atoms with Gasteiger partial charge in [-0.25, -0.2) is 0 Å². The molecule has 30 heavy (non-hydrogen) atoms. The molecule has 0 radical (unpaired) electrons. The van der Waals surface area contributed by atoms with E-state index in [1.54, 1.807) is 12.1 Å². The van der Waals surface area contributed by atoms with E-state index >= 15 is 0 Å². The Morgan fingerprint density at radius 1 is 1.13 bits per heavy atom. The van der Waals surface area contributed by atoms with Gasteiger partial charge in [-0.3, -0.25) is 9.79 Å². The van der Waals surface area contributed by atoms with E-state index in [2.05, 4.69) is 36.2 Å². The molecular formula is C23H32N4O3. The van der Waals surface area contributed by atoms with Crippen LogP contribution in [-0.4, -0.2) is 67.5 Å². The molecule has 1 aliphatic heterocycles. The Hall–Kier alpha value is -2.96. The molecule has 1 aliphatic rings. The van der Waals surface area contributed by atoms with Gasteiger partial charge in [0.15, 0.2) is 11.7 Å². The van der Waals surface area contributed by atoms with Gasteiger partial charge in [-0.1, -0.05) is 19.1 Å². The summed E-state index contributed by atoms with van der Waals surface area (Å²) in [5, 5.41) is 3.38. The molecule has 162 valence electrons. The minimum Gasteiger partial charge on any atom is -0.494 e. The third kappa shape index (κ3) is 6.02. The lowest BCUT2D eigenvalue weighted by atomic mass is 10.1. The lowest BCUT2D eigenvalue weighted by molar-refractivity contribution is 0.0657. The first-order valence-corrected chi connectivity index (χ1v) is 10.8. The van der Waals surface area contributed by atoms with Gasteiger partial charge in [0.1, 0.15) is 5.75 Å². The molecule has 2 heterocycles. The first-order valence-electron chi connectivity index (χ1n) is 10.8. The predicted molar refractivity (Wildman–Crippen MR) is 118 cm³/mol. The van der Waals surface area contributed by atoms with E-state index in [4.69, 9.17) is 14.1 Å². The number of aliphatic imine (C=N–C) groups is 1. The van der Waals surface area contributed by atoms with Crippen LogP contribution in [0, 0.1) is 0 Å². The second-order valence-electron chi connectivity index (χ2n) is 7.24. The van der Waals surface area contributed by atoms with Gasteiger partial charge in [-0.2, -0.15) is 0 Å². The van der Waals surface area contributed by atoms with Crippen LogP contribution in [0.25, 0.3) is 0 Å². The monoisotopic (exact) mass is 412 g/mol. The molecule has 1 saturated heterocycles. The molecule has 7 heteroatoms. The maximum atomic E-state index is 12.4. The second kappa shape index (κ2) is 11.3. The van der Waals surface area contributed by atoms with Crippen molar-refractivity contribution in [3.8, 4) is 5.75 Å². The zero-order chi connectivity index (χ0) is 21.2. The molecule has 2 aromatic rings. The van der Waals surface area contributed by atoms with Gasteiger partial charge >= 0.3 is 0 Å². The number of ether oxygens (including phenoxy) is 1. The van der Waals surface area contributed by atoms with Gasteiger partial charge in [0.25, 0.3) is 5.91 Å². The number of nitrogens with zero attached hydrogens (tertiary/aromatic N) is 3. The first kappa shape index (κ1) is 21.7. The van der Waals surface area contributed by atoms with Crippen LogP contribution >= 0.6 is 0 Å². The predicted octanol–water partition coefficient (Wildman–Crippen LogP) is 3.03. The number of carbonyl (C=O) groups is 1. The van der Waals surface area contributed by atoms with Crippen molar-refractivity contribution in [2.45, 2.75) is 26.7 Å². The van der Waals surface area contributed by atoms with Crippen LogP contribution in [0.2, 0.25) is 0 Å². The quantitative estimate of drug-likeness (QED) is 0.533. The fourth-order valence-corrected chi connectivity index (χ4v) is 3.40. The van der Waals surface area contributed by atoms with Crippen LogP contribution in [0.3, 0.4) is 0 Å². The van der Waals surface area contributed by atoms with Gasteiger partial charge in [0.05, 0.1) is 12.9 Å². The minimum atomic E-state index is -0.0493. The number of carbonyl (C=O) groups excluding carboxylic acids is 1. The fraction of sp³-hybridized carbons (Fsp3) is 0.478. The largest absolute Gasteiger partial charge is 0.494 e. The molecule has 0 spiro atoms. The Labute approximate surface area is 178 Å². The summed E-state index contributed by atoms with van der Waals surface area (Å²) in [5.41, 5.74) is 1.22. The van der Waals surface area contributed by atoms with Crippen molar-refractivity contribution in [1.29, 1.82) is 0 Å². The summed E-state index contributed by atoms with van der Waals surface area (Å²) in [7, 11) is 0. The van der Waals surface area contributed by atoms with Crippen molar-refractivity contribution in [3.05, 3.63) is 54.0 Å². The van der Waals surface area contributed by atoms with Crippen LogP contribution in [0.5, 0.6) is 5.75 Å². The summed E-state index contributed by atoms with van der Waals surface area (Å²) < 4.78 is 11.0. The van der Waals surface area contributed by atoms with Crippen LogP contribution < -0.4 is 10.1 Å². The summed E-state index contributed by atoms with van der Waals surface area (Å²) in [6, 6.07) is 11.7. The molecule has 0 saturated carbocycles. The van der Waals surface area contributed by atoms with E-state index in [9.17, 15) is 4.79 Å². The molecule has 1 aromatic heterocycles. The van der Waals surface area contributed by atoms with Crippen LogP contribution in [0.15, 0.2) is 52.1 Å². The van der Waals surface area contributed by atoms with E-state index < -0.39 is 0 Å². The summed E-state index contributed by atoms with van der Waals surface area (Å²) in [6.07, 6.45) is 3.39. The van der Waals surface area contributed by atoms with Crippen molar-refractivity contribution in [1.82, 2.24) is 15.1 Å². The number of amides is 1. The molecule has 1 amide bonds. The molecule has 1 fully saturated rings. The molecule has 3 rings (SSSR count). The van der Waals surface area contributed by atoms with Gasteiger partial charge in [-0.15, -0.1) is 0 Å². The fourth-order valence-electron chi connectivity index (χ4n) is 3.40. The van der Waals surface area contributed by atoms with Gasteiger partial charge in [0, 0.05) is 39.3 Å². The average molecular weight is 413 g/mol. The number of guanidine groups is 1. The standard InChI is InChI=1S/C23H32N4O3/c1-3-16-29-20-8-5-7-19(18-20)10-11-25-23(24-4-2)27-14-12-26(13-15-27)22(28)21-9-6-17-30-21/h5-9,17-18H,3-4,10-16H2,1-2H3,(H,24,25). The summed E-state index contributed by atoms with van der Waals surface area (Å²) >= 11 is 0. The van der Waals surface area contributed by atoms with E-state index in [0.717, 1.165) is 50.8 Å². The Bertz CT molecular complexity index is 812. The highest BCUT2D eigenvalue weighted by Gasteiger charge is 2.25. The van der Waals surface area contributed by atoms with E-state index in [1.807, 2.05) is 17.0 Å². The van der Waals surface area contributed by atoms with Crippen LogP contribution in [-0.2, 0) is 6.42 Å². The van der Waals surface area contributed by atoms with E-state index in [0.29, 0.717) is 25.4 Å². The smallest absolute Gasteiger partial charge is 0.289 e. The molecule has 0 atom stereocenters. The topological polar surface area (TPSA) is 70.3 Å². The number of benzene rings is 1. The zero-order valence-electron chi connectivity index (χ0n) is 18.0. The highest BCUT2D eigenvalue weighted by Crippen LogP contribution is 2.14. The maximum absolute atomic E-state index is 12.4. The third-order valence-corrected chi connectivity index (χ3v) is 4.97. The highest BCUT2D eigenvalue weighted by molar-refractivity contribution is 5.91. The molecule has 1 aromatic carbocycles. The minimum absolute atomic E-state index is 0.0493. The molecule has 0 bridgehead atoms. The van der Waals surface area contributed by atoms with Crippen molar-refractivity contribution in [2.24, 2.45) is 4.99 Å². The molecule has 0 aliphatic carbocycles. The Kier molecular flexibility index (Phi) is 8.18. The molecule has 0 unspecified atom stereocenters. The number of piperazine rings is 1. The van der Waals surface area contributed by atoms with Crippen LogP contribution in [0.4, 0.5) is 0 Å².